The highest BCUT2D eigenvalue weighted by molar-refractivity contribution is 8.27. The number of thioether (sulfide) groups is 1. The molecule has 0 saturated carbocycles. The van der Waals surface area contributed by atoms with E-state index >= 15 is 0 Å². The molecule has 9 heteroatoms. The summed E-state index contributed by atoms with van der Waals surface area (Å²) < 4.78 is 9.45. The fourth-order valence-electron chi connectivity index (χ4n) is 3.80. The zero-order valence-electron chi connectivity index (χ0n) is 18.2. The van der Waals surface area contributed by atoms with Crippen LogP contribution in [0.4, 0.5) is 5.69 Å². The van der Waals surface area contributed by atoms with Gasteiger partial charge in [-0.3, -0.25) is 19.2 Å². The number of hydrogen-bond acceptors (Lipinski definition) is 5. The van der Waals surface area contributed by atoms with E-state index in [1.807, 2.05) is 48.5 Å². The van der Waals surface area contributed by atoms with Crippen LogP contribution in [-0.2, 0) is 11.8 Å². The number of furan rings is 1. The Morgan fingerprint density at radius 3 is 2.41 bits per heavy atom. The van der Waals surface area contributed by atoms with E-state index in [9.17, 15) is 9.59 Å². The van der Waals surface area contributed by atoms with Crippen LogP contribution in [0.1, 0.15) is 11.5 Å². The van der Waals surface area contributed by atoms with Crippen LogP contribution in [0.3, 0.4) is 0 Å². The first kappa shape index (κ1) is 22.5. The van der Waals surface area contributed by atoms with E-state index in [0.717, 1.165) is 17.3 Å². The van der Waals surface area contributed by atoms with E-state index in [0.29, 0.717) is 37.2 Å². The van der Waals surface area contributed by atoms with Crippen LogP contribution in [0, 0.1) is 6.92 Å². The number of thiocarbonyl (C=S) groups is 1. The fourth-order valence-corrected chi connectivity index (χ4v) is 5.18. The Morgan fingerprint density at radius 2 is 1.71 bits per heavy atom. The van der Waals surface area contributed by atoms with Gasteiger partial charge in [0.2, 0.25) is 0 Å². The lowest BCUT2D eigenvalue weighted by Crippen LogP contribution is -2.33. The average molecular weight is 508 g/mol. The van der Waals surface area contributed by atoms with Crippen molar-refractivity contribution in [3.63, 3.8) is 0 Å². The molecule has 2 aromatic carbocycles. The van der Waals surface area contributed by atoms with Gasteiger partial charge in [-0.05, 0) is 55.5 Å². The summed E-state index contributed by atoms with van der Waals surface area (Å²) in [5.41, 5.74) is 2.15. The Labute approximate surface area is 210 Å². The second-order valence-corrected chi connectivity index (χ2v) is 9.75. The molecule has 170 valence electrons. The van der Waals surface area contributed by atoms with E-state index in [4.69, 9.17) is 28.2 Å². The van der Waals surface area contributed by atoms with Crippen LogP contribution in [0.15, 0.2) is 80.8 Å². The summed E-state index contributed by atoms with van der Waals surface area (Å²) in [4.78, 5) is 28.4. The fraction of sp³-hybridized carbons (Fsp3) is 0.0800. The zero-order valence-corrected chi connectivity index (χ0v) is 20.6. The summed E-state index contributed by atoms with van der Waals surface area (Å²) >= 11 is 12.6. The number of amides is 1. The van der Waals surface area contributed by atoms with E-state index in [1.54, 1.807) is 42.9 Å². The summed E-state index contributed by atoms with van der Waals surface area (Å²) in [6.07, 6.45) is 1.65. The maximum Gasteiger partial charge on any atom is 0.296 e. The van der Waals surface area contributed by atoms with Crippen molar-refractivity contribution in [2.45, 2.75) is 6.92 Å². The molecule has 0 aliphatic carbocycles. The summed E-state index contributed by atoms with van der Waals surface area (Å²) in [6.45, 7) is 1.80. The molecule has 0 unspecified atom stereocenters. The first-order valence-corrected chi connectivity index (χ1v) is 11.9. The Morgan fingerprint density at radius 1 is 1.00 bits per heavy atom. The largest absolute Gasteiger partial charge is 0.457 e. The number of halogens is 1. The lowest BCUT2D eigenvalue weighted by atomic mass is 10.2. The molecule has 5 rings (SSSR count). The number of carbonyl (C=O) groups excluding carboxylic acids is 1. The van der Waals surface area contributed by atoms with Gasteiger partial charge in [-0.15, -0.1) is 0 Å². The molecule has 34 heavy (non-hydrogen) atoms. The van der Waals surface area contributed by atoms with E-state index in [-0.39, 0.29) is 17.2 Å². The Hall–Kier alpha value is -3.33. The summed E-state index contributed by atoms with van der Waals surface area (Å²) in [5.74, 6) is 0.811. The molecule has 0 bridgehead atoms. The minimum Gasteiger partial charge on any atom is -0.457 e. The highest BCUT2D eigenvalue weighted by Gasteiger charge is 2.38. The Kier molecular flexibility index (Phi) is 5.81. The Bertz CT molecular complexity index is 1520. The topological polar surface area (TPSA) is 60.4 Å². The molecular formula is C25H18ClN3O3S2. The average Bonchev–Trinajstić information content (AvgIpc) is 3.46. The van der Waals surface area contributed by atoms with Crippen molar-refractivity contribution < 1.29 is 9.21 Å². The van der Waals surface area contributed by atoms with Crippen molar-refractivity contribution in [1.29, 1.82) is 0 Å². The van der Waals surface area contributed by atoms with Crippen molar-refractivity contribution >= 4 is 57.6 Å². The molecule has 6 nitrogen and oxygen atoms in total. The molecule has 0 atom stereocenters. The van der Waals surface area contributed by atoms with Crippen molar-refractivity contribution in [3.05, 3.63) is 98.5 Å². The third-order valence-corrected chi connectivity index (χ3v) is 7.12. The maximum absolute atomic E-state index is 13.4. The highest BCUT2D eigenvalue weighted by atomic mass is 35.5. The summed E-state index contributed by atoms with van der Waals surface area (Å²) in [7, 11) is 1.78. The van der Waals surface area contributed by atoms with Crippen LogP contribution < -0.4 is 10.5 Å². The molecule has 1 fully saturated rings. The van der Waals surface area contributed by atoms with Gasteiger partial charge < -0.3 is 4.42 Å². The van der Waals surface area contributed by atoms with Crippen LogP contribution >= 0.6 is 35.6 Å². The molecule has 4 aromatic rings. The predicted octanol–water partition coefficient (Wildman–Crippen LogP) is 5.80. The van der Waals surface area contributed by atoms with Gasteiger partial charge in [0.05, 0.1) is 16.3 Å². The molecule has 3 heterocycles. The predicted molar refractivity (Wildman–Crippen MR) is 141 cm³/mol. The first-order valence-electron chi connectivity index (χ1n) is 10.3. The van der Waals surface area contributed by atoms with Crippen LogP contribution in [0.25, 0.3) is 23.1 Å². The number of hydrogen-bond donors (Lipinski definition) is 0. The van der Waals surface area contributed by atoms with Gasteiger partial charge in [-0.2, -0.15) is 0 Å². The zero-order chi connectivity index (χ0) is 24.0. The minimum absolute atomic E-state index is 0.249. The van der Waals surface area contributed by atoms with Gasteiger partial charge in [0, 0.05) is 23.7 Å². The van der Waals surface area contributed by atoms with Gasteiger partial charge >= 0.3 is 0 Å². The highest BCUT2D eigenvalue weighted by Crippen LogP contribution is 2.37. The van der Waals surface area contributed by atoms with Crippen molar-refractivity contribution in [1.82, 2.24) is 9.36 Å². The number of benzene rings is 2. The van der Waals surface area contributed by atoms with Crippen molar-refractivity contribution in [2.24, 2.45) is 7.05 Å². The second-order valence-electron chi connectivity index (χ2n) is 7.64. The number of carbonyl (C=O) groups is 1. The van der Waals surface area contributed by atoms with E-state index in [2.05, 4.69) is 0 Å². The lowest BCUT2D eigenvalue weighted by Gasteiger charge is -2.12. The normalized spacial score (nSPS) is 15.0. The molecule has 1 amide bonds. The molecule has 2 aromatic heterocycles. The number of rotatable bonds is 4. The number of para-hydroxylation sites is 1. The van der Waals surface area contributed by atoms with Crippen LogP contribution in [-0.4, -0.2) is 19.6 Å². The monoisotopic (exact) mass is 507 g/mol. The van der Waals surface area contributed by atoms with Crippen molar-refractivity contribution in [3.8, 4) is 17.0 Å². The minimum atomic E-state index is -0.356. The Balaban J connectivity index is 1.49. The van der Waals surface area contributed by atoms with Gasteiger partial charge in [-0.1, -0.05) is 53.8 Å². The van der Waals surface area contributed by atoms with Gasteiger partial charge in [0.15, 0.2) is 4.32 Å². The van der Waals surface area contributed by atoms with Crippen molar-refractivity contribution in [2.75, 3.05) is 4.90 Å². The third kappa shape index (κ3) is 3.83. The standard InChI is InChI=1S/C25H18ClN3O3S2/c1-15-22(24(31)29(27(15)2)18-6-4-3-5-7-18)28-23(30)21(34-25(28)33)14-19-12-13-20(32-19)16-8-10-17(26)11-9-16/h3-14H,1-2H3/b21-14-. The SMILES string of the molecule is Cc1c(N2C(=O)/C(=C/c3ccc(-c4ccc(Cl)cc4)o3)SC2=S)c(=O)n(-c2ccccc2)n1C. The number of anilines is 1. The molecule has 1 aliphatic rings. The number of nitrogens with zero attached hydrogens (tertiary/aromatic N) is 3. The molecule has 1 aliphatic heterocycles. The summed E-state index contributed by atoms with van der Waals surface area (Å²) in [6, 6.07) is 20.2. The van der Waals surface area contributed by atoms with E-state index < -0.39 is 0 Å². The third-order valence-electron chi connectivity index (χ3n) is 5.57. The van der Waals surface area contributed by atoms with Crippen LogP contribution in [0.5, 0.6) is 0 Å². The smallest absolute Gasteiger partial charge is 0.296 e. The lowest BCUT2D eigenvalue weighted by molar-refractivity contribution is -0.113. The summed E-state index contributed by atoms with van der Waals surface area (Å²) in [5, 5.41) is 0.640. The van der Waals surface area contributed by atoms with E-state index in [1.165, 1.54) is 9.58 Å². The molecule has 0 radical (unpaired) electrons. The molecule has 0 spiro atoms. The molecule has 0 N–H and O–H groups in total. The molecule has 1 saturated heterocycles. The van der Waals surface area contributed by atoms with Gasteiger partial charge in [-0.25, -0.2) is 4.68 Å². The first-order chi connectivity index (χ1) is 16.3. The van der Waals surface area contributed by atoms with Gasteiger partial charge in [0.1, 0.15) is 17.2 Å². The second kappa shape index (κ2) is 8.79. The quantitative estimate of drug-likeness (QED) is 0.258. The maximum atomic E-state index is 13.4. The van der Waals surface area contributed by atoms with Gasteiger partial charge in [0.25, 0.3) is 11.5 Å². The number of aromatic nitrogens is 2. The van der Waals surface area contributed by atoms with Crippen LogP contribution in [0.2, 0.25) is 5.02 Å². The molecular weight excluding hydrogens is 490 g/mol.